The van der Waals surface area contributed by atoms with Crippen LogP contribution >= 0.6 is 0 Å². The van der Waals surface area contributed by atoms with Gasteiger partial charge in [-0.2, -0.15) is 0 Å². The van der Waals surface area contributed by atoms with Gasteiger partial charge in [0.25, 0.3) is 0 Å². The summed E-state index contributed by atoms with van der Waals surface area (Å²) < 4.78 is 0. The second kappa shape index (κ2) is 7.94. The molecule has 1 N–H and O–H groups in total. The summed E-state index contributed by atoms with van der Waals surface area (Å²) in [5.41, 5.74) is 0. The van der Waals surface area contributed by atoms with E-state index in [-0.39, 0.29) is 29.6 Å². The van der Waals surface area contributed by atoms with Gasteiger partial charge in [0.15, 0.2) is 0 Å². The molecule has 0 saturated heterocycles. The Hall–Kier alpha value is 0.317. The van der Waals surface area contributed by atoms with Crippen molar-refractivity contribution in [2.75, 3.05) is 0 Å². The number of ketones is 1. The molecule has 0 bridgehead atoms. The van der Waals surface area contributed by atoms with Crippen LogP contribution in [0.1, 0.15) is 6.92 Å². The molecule has 6 heteroatoms. The quantitative estimate of drug-likeness (QED) is 0.358. The fourth-order valence-electron chi connectivity index (χ4n) is 0. The summed E-state index contributed by atoms with van der Waals surface area (Å²) in [4.78, 5) is 29.1. The zero-order valence-electron chi connectivity index (χ0n) is 8.17. The molecular weight excluding hydrogens is 187 g/mol. The first kappa shape index (κ1) is 18.2. The number of rotatable bonds is 1. The van der Waals surface area contributed by atoms with Gasteiger partial charge in [-0.15, -0.1) is 0 Å². The third-order valence-electron chi connectivity index (χ3n) is 0.301. The van der Waals surface area contributed by atoms with Crippen LogP contribution in [-0.2, 0) is 9.59 Å². The Bertz CT molecular complexity index is 134. The fourth-order valence-corrected chi connectivity index (χ4v) is 0. The molecule has 0 aliphatic heterocycles. The molecule has 0 rings (SSSR count). The van der Waals surface area contributed by atoms with Gasteiger partial charge in [0.2, 0.25) is 5.78 Å². The van der Waals surface area contributed by atoms with Crippen molar-refractivity contribution in [2.24, 2.45) is 0 Å². The van der Waals surface area contributed by atoms with Crippen molar-refractivity contribution in [3.05, 3.63) is 0 Å². The Labute approximate surface area is 95.4 Å². The summed E-state index contributed by atoms with van der Waals surface area (Å²) >= 11 is 0. The van der Waals surface area contributed by atoms with Gasteiger partial charge in [-0.05, 0) is 0 Å². The van der Waals surface area contributed by atoms with Gasteiger partial charge in [0, 0.05) is 6.92 Å². The third-order valence-corrected chi connectivity index (χ3v) is 0.301. The number of carbonyl (C=O) groups is 2. The van der Waals surface area contributed by atoms with Gasteiger partial charge >= 0.3 is 35.5 Å². The smallest absolute Gasteiger partial charge is 0.859 e. The van der Waals surface area contributed by atoms with Crippen LogP contribution in [0.5, 0.6) is 0 Å². The molecule has 0 atom stereocenters. The maximum absolute atomic E-state index is 10.2. The third kappa shape index (κ3) is 48.1. The molecule has 0 aliphatic carbocycles. The van der Waals surface area contributed by atoms with Crippen LogP contribution in [-0.4, -0.2) is 25.2 Å². The molecule has 0 aromatic heterocycles. The zero-order chi connectivity index (χ0) is 9.65. The van der Waals surface area contributed by atoms with E-state index in [0.29, 0.717) is 0 Å². The standard InChI is InChI=1S/C3H4O3.C3H9OSi.Na/c1-2(4)3(5)6;1-5(2,3)4;/h1H3,(H,5,6);1-3H3;/q;-1;+1. The van der Waals surface area contributed by atoms with Crippen LogP contribution in [0.2, 0.25) is 19.6 Å². The van der Waals surface area contributed by atoms with Crippen molar-refractivity contribution in [3.8, 4) is 0 Å². The van der Waals surface area contributed by atoms with Crippen LogP contribution in [0.25, 0.3) is 0 Å². The average Bonchev–Trinajstić information content (AvgIpc) is 1.59. The second-order valence-electron chi connectivity index (χ2n) is 2.97. The Balaban J connectivity index is -0.000000126. The van der Waals surface area contributed by atoms with Gasteiger partial charge in [-0.25, -0.2) is 4.79 Å². The molecule has 66 valence electrons. The Kier molecular flexibility index (Phi) is 12.0. The minimum Gasteiger partial charge on any atom is -0.859 e. The zero-order valence-corrected chi connectivity index (χ0v) is 11.2. The largest absolute Gasteiger partial charge is 1.00 e. The molecule has 0 aromatic carbocycles. The van der Waals surface area contributed by atoms with E-state index < -0.39 is 20.1 Å². The van der Waals surface area contributed by atoms with Crippen molar-refractivity contribution in [2.45, 2.75) is 26.6 Å². The molecule has 0 heterocycles. The summed E-state index contributed by atoms with van der Waals surface area (Å²) in [6, 6.07) is 0. The van der Waals surface area contributed by atoms with E-state index in [1.54, 1.807) is 19.6 Å². The molecule has 0 radical (unpaired) electrons. The molecule has 0 fully saturated rings. The van der Waals surface area contributed by atoms with Gasteiger partial charge < -0.3 is 9.90 Å². The SMILES string of the molecule is CC(=O)C(=O)O.C[Si](C)(C)[O-].[Na+]. The van der Waals surface area contributed by atoms with Crippen molar-refractivity contribution < 1.29 is 49.0 Å². The summed E-state index contributed by atoms with van der Waals surface area (Å²) in [5, 5.41) is 7.64. The first-order chi connectivity index (χ1) is 4.64. The van der Waals surface area contributed by atoms with E-state index in [4.69, 9.17) is 5.11 Å². The Morgan fingerprint density at radius 3 is 1.33 bits per heavy atom. The topological polar surface area (TPSA) is 77.4 Å². The summed E-state index contributed by atoms with van der Waals surface area (Å²) in [6.45, 7) is 6.31. The molecule has 4 nitrogen and oxygen atoms in total. The van der Waals surface area contributed by atoms with E-state index in [0.717, 1.165) is 6.92 Å². The van der Waals surface area contributed by atoms with Crippen LogP contribution in [0, 0.1) is 0 Å². The molecule has 0 aliphatic rings. The molecule has 0 unspecified atom stereocenters. The van der Waals surface area contributed by atoms with Crippen LogP contribution < -0.4 is 34.4 Å². The van der Waals surface area contributed by atoms with E-state index in [9.17, 15) is 14.4 Å². The summed E-state index contributed by atoms with van der Waals surface area (Å²) in [6.07, 6.45) is 0. The number of carboxylic acids is 1. The van der Waals surface area contributed by atoms with Gasteiger partial charge in [0.1, 0.15) is 0 Å². The molecule has 0 amide bonds. The number of Topliss-reactive ketones (excluding diaryl/α,β-unsaturated/α-hetero) is 1. The fraction of sp³-hybridized carbons (Fsp3) is 0.667. The molecule has 0 spiro atoms. The molecule has 0 saturated carbocycles. The minimum absolute atomic E-state index is 0. The average molecular weight is 200 g/mol. The van der Waals surface area contributed by atoms with Crippen molar-refractivity contribution in [1.82, 2.24) is 0 Å². The normalized spacial score (nSPS) is 8.75. The number of carboxylic acid groups (broad SMARTS) is 1. The Morgan fingerprint density at radius 1 is 1.25 bits per heavy atom. The van der Waals surface area contributed by atoms with Gasteiger partial charge in [-0.1, -0.05) is 28.0 Å². The maximum Gasteiger partial charge on any atom is 1.00 e. The second-order valence-corrected chi connectivity index (χ2v) is 7.20. The van der Waals surface area contributed by atoms with Crippen molar-refractivity contribution in [1.29, 1.82) is 0 Å². The van der Waals surface area contributed by atoms with Crippen LogP contribution in [0.15, 0.2) is 0 Å². The van der Waals surface area contributed by atoms with Gasteiger partial charge in [-0.3, -0.25) is 4.79 Å². The minimum atomic E-state index is -1.86. The van der Waals surface area contributed by atoms with Crippen LogP contribution in [0.3, 0.4) is 0 Å². The van der Waals surface area contributed by atoms with Crippen molar-refractivity contribution in [3.63, 3.8) is 0 Å². The van der Waals surface area contributed by atoms with E-state index >= 15 is 0 Å². The molecular formula is C6H13NaO4Si. The molecule has 0 aromatic rings. The van der Waals surface area contributed by atoms with Crippen molar-refractivity contribution >= 4 is 20.1 Å². The van der Waals surface area contributed by atoms with E-state index in [2.05, 4.69) is 0 Å². The predicted molar refractivity (Wildman–Crippen MR) is 41.7 cm³/mol. The number of aliphatic carboxylic acids is 1. The monoisotopic (exact) mass is 200 g/mol. The number of hydrogen-bond donors (Lipinski definition) is 1. The molecule has 12 heavy (non-hydrogen) atoms. The van der Waals surface area contributed by atoms with Crippen LogP contribution in [0.4, 0.5) is 0 Å². The predicted octanol–water partition coefficient (Wildman–Crippen LogP) is -3.15. The first-order valence-corrected chi connectivity index (χ1v) is 6.49. The van der Waals surface area contributed by atoms with E-state index in [1.165, 1.54) is 0 Å². The summed E-state index contributed by atoms with van der Waals surface area (Å²) in [7, 11) is -1.86. The van der Waals surface area contributed by atoms with E-state index in [1.807, 2.05) is 0 Å². The van der Waals surface area contributed by atoms with Gasteiger partial charge in [0.05, 0.1) is 0 Å². The number of hydrogen-bond acceptors (Lipinski definition) is 3. The maximum atomic E-state index is 10.2. The first-order valence-electron chi connectivity index (χ1n) is 3.09. The summed E-state index contributed by atoms with van der Waals surface area (Å²) in [5.74, 6) is -2.20. The number of carbonyl (C=O) groups excluding carboxylic acids is 1. The Morgan fingerprint density at radius 2 is 1.33 bits per heavy atom.